The molecule has 2 heterocycles. The minimum atomic E-state index is -3.04. The minimum absolute atomic E-state index is 0. The number of hydrogen-bond donors (Lipinski definition) is 2. The second-order valence-electron chi connectivity index (χ2n) is 9.12. The third-order valence-corrected chi connectivity index (χ3v) is 7.58. The molecule has 0 saturated carbocycles. The smallest absolute Gasteiger partial charge is 0.521 e. The highest BCUT2D eigenvalue weighted by Crippen LogP contribution is 2.32. The Morgan fingerprint density at radius 1 is 0.872 bits per heavy atom. The Balaban J connectivity index is 0.000000375. The molecule has 39 heavy (non-hydrogen) atoms. The van der Waals surface area contributed by atoms with Crippen molar-refractivity contribution >= 4 is 41.7 Å². The lowest BCUT2D eigenvalue weighted by atomic mass is 10.1. The van der Waals surface area contributed by atoms with Crippen LogP contribution in [0.1, 0.15) is 36.2 Å². The van der Waals surface area contributed by atoms with Crippen LogP contribution in [0.25, 0.3) is 10.8 Å². The van der Waals surface area contributed by atoms with Crippen molar-refractivity contribution in [2.75, 3.05) is 41.3 Å². The summed E-state index contributed by atoms with van der Waals surface area (Å²) < 4.78 is 18.0. The molecule has 0 spiro atoms. The molecule has 4 aromatic rings. The third-order valence-electron chi connectivity index (χ3n) is 5.51. The topological polar surface area (TPSA) is 106 Å². The lowest BCUT2D eigenvalue weighted by Gasteiger charge is -2.21. The zero-order chi connectivity index (χ0) is 28.6. The average molecular weight is 595 g/mol. The van der Waals surface area contributed by atoms with Gasteiger partial charge in [0.1, 0.15) is 11.9 Å². The maximum Gasteiger partial charge on any atom is 0.521 e. The molecule has 0 aliphatic rings. The van der Waals surface area contributed by atoms with Crippen molar-refractivity contribution < 1.29 is 30.7 Å². The van der Waals surface area contributed by atoms with Gasteiger partial charge in [0.2, 0.25) is 0 Å². The lowest BCUT2D eigenvalue weighted by molar-refractivity contribution is -0.244. The Kier molecular flexibility index (Phi) is 15.4. The van der Waals surface area contributed by atoms with E-state index in [4.69, 9.17) is 19.5 Å². The predicted octanol–water partition coefficient (Wildman–Crippen LogP) is 6.45. The largest absolute Gasteiger partial charge is 0.565 e. The van der Waals surface area contributed by atoms with Crippen molar-refractivity contribution in [3.05, 3.63) is 87.2 Å². The highest BCUT2D eigenvalue weighted by molar-refractivity contribution is 7.30. The molecule has 0 aliphatic heterocycles. The van der Waals surface area contributed by atoms with E-state index in [2.05, 4.69) is 88.5 Å². The van der Waals surface area contributed by atoms with Crippen LogP contribution in [0.2, 0.25) is 0 Å². The number of benzene rings is 2. The van der Waals surface area contributed by atoms with Gasteiger partial charge in [0.15, 0.2) is 0 Å². The van der Waals surface area contributed by atoms with E-state index in [1.54, 1.807) is 22.7 Å². The van der Waals surface area contributed by atoms with E-state index in [1.165, 1.54) is 15.6 Å². The van der Waals surface area contributed by atoms with Crippen LogP contribution in [0.15, 0.2) is 77.5 Å². The van der Waals surface area contributed by atoms with Crippen molar-refractivity contribution in [2.24, 2.45) is 0 Å². The van der Waals surface area contributed by atoms with Crippen LogP contribution in [-0.4, -0.2) is 61.4 Å². The van der Waals surface area contributed by atoms with Crippen molar-refractivity contribution in [1.82, 2.24) is 9.80 Å². The van der Waals surface area contributed by atoms with Crippen LogP contribution in [0.5, 0.6) is 5.75 Å². The molecule has 8 nitrogen and oxygen atoms in total. The first-order valence-electron chi connectivity index (χ1n) is 12.4. The fourth-order valence-corrected chi connectivity index (χ4v) is 5.10. The second-order valence-corrected chi connectivity index (χ2v) is 11.7. The quantitative estimate of drug-likeness (QED) is 0.116. The van der Waals surface area contributed by atoms with E-state index in [1.807, 2.05) is 31.6 Å². The summed E-state index contributed by atoms with van der Waals surface area (Å²) in [6.07, 6.45) is 1.62. The Morgan fingerprint density at radius 2 is 1.44 bits per heavy atom. The Hall–Kier alpha value is -2.24. The van der Waals surface area contributed by atoms with Crippen molar-refractivity contribution in [3.8, 4) is 5.75 Å². The highest BCUT2D eigenvalue weighted by Gasteiger charge is 2.16. The normalized spacial score (nSPS) is 12.8. The molecule has 2 aromatic carbocycles. The number of fused-ring (bicyclic) bond motifs is 1. The fourth-order valence-electron chi connectivity index (χ4n) is 3.56. The number of aliphatic hydroxyl groups excluding tert-OH is 1. The number of aliphatic hydroxyl groups is 1. The number of rotatable bonds is 11. The molecule has 2 N–H and O–H groups in total. The van der Waals surface area contributed by atoms with Gasteiger partial charge in [0.25, 0.3) is 0 Å². The van der Waals surface area contributed by atoms with Gasteiger partial charge in [-0.2, -0.15) is 0 Å². The first-order chi connectivity index (χ1) is 18.7. The standard InChI is InChI=1S/C19H21NOS.C9H15NOS.HO4P.H2/c1-20(2)13-12-18(19-11-6-14-22-19)21-17-10-5-8-15-7-3-4-9-16(15)17;1-10(2)6-5-8(11)9-4-3-7-12-9;1-4-5(2)3;/h3-11,14,18H,12-13H2,1-2H3;3-4,7-8,11H,5-6H2,1-2H3;1H;1H/t18-;8-;;/m00../s1. The van der Waals surface area contributed by atoms with Gasteiger partial charge in [0.05, 0.1) is 6.10 Å². The summed E-state index contributed by atoms with van der Waals surface area (Å²) in [5.74, 6) is 0.968. The van der Waals surface area contributed by atoms with Crippen LogP contribution in [0, 0.1) is 0 Å². The first-order valence-corrected chi connectivity index (χ1v) is 15.2. The minimum Gasteiger partial charge on any atom is -0.565 e. The molecule has 2 aromatic heterocycles. The molecule has 0 saturated heterocycles. The van der Waals surface area contributed by atoms with E-state index >= 15 is 0 Å². The maximum atomic E-state index is 9.64. The molecule has 1 unspecified atom stereocenters. The van der Waals surface area contributed by atoms with Gasteiger partial charge < -0.3 is 24.5 Å². The molecule has 3 atom stereocenters. The number of ether oxygens (including phenoxy) is 1. The van der Waals surface area contributed by atoms with E-state index < -0.39 is 8.25 Å². The summed E-state index contributed by atoms with van der Waals surface area (Å²) in [6.45, 7) is 1.94. The molecule has 4 rings (SSSR count). The van der Waals surface area contributed by atoms with Crippen LogP contribution < -0.4 is 9.63 Å². The van der Waals surface area contributed by atoms with Crippen LogP contribution in [0.4, 0.5) is 0 Å². The molecule has 0 amide bonds. The lowest BCUT2D eigenvalue weighted by Crippen LogP contribution is -2.18. The van der Waals surface area contributed by atoms with E-state index in [0.29, 0.717) is 0 Å². The SMILES string of the molecule is CN(C)CC[C@H](O)c1cccs1.CN(C)CC[C@H](Oc1cccc2ccccc12)c1cccs1.O=[P+]([O-])OO.[HH]. The summed E-state index contributed by atoms with van der Waals surface area (Å²) in [7, 11) is 5.19. The maximum absolute atomic E-state index is 9.64. The second kappa shape index (κ2) is 18.2. The molecular formula is C28H39N2O6PS2. The number of thiophene rings is 2. The van der Waals surface area contributed by atoms with Gasteiger partial charge in [-0.25, -0.2) is 5.26 Å². The Labute approximate surface area is 241 Å². The summed E-state index contributed by atoms with van der Waals surface area (Å²) in [6, 6.07) is 22.8. The van der Waals surface area contributed by atoms with E-state index in [0.717, 1.165) is 36.6 Å². The molecule has 214 valence electrons. The first kappa shape index (κ1) is 33.0. The van der Waals surface area contributed by atoms with Gasteiger partial charge in [-0.05, 0) is 73.5 Å². The van der Waals surface area contributed by atoms with Gasteiger partial charge in [-0.3, -0.25) is 0 Å². The number of hydrogen-bond acceptors (Lipinski definition) is 10. The summed E-state index contributed by atoms with van der Waals surface area (Å²) >= 11 is 3.38. The zero-order valence-corrected chi connectivity index (χ0v) is 25.2. The van der Waals surface area contributed by atoms with Crippen LogP contribution >= 0.6 is 30.9 Å². The van der Waals surface area contributed by atoms with E-state index in [-0.39, 0.29) is 13.6 Å². The number of nitrogens with zero attached hydrogens (tertiary/aromatic N) is 2. The van der Waals surface area contributed by atoms with E-state index in [9.17, 15) is 5.11 Å². The van der Waals surface area contributed by atoms with Crippen LogP contribution in [0.3, 0.4) is 0 Å². The van der Waals surface area contributed by atoms with Gasteiger partial charge >= 0.3 is 8.25 Å². The molecule has 0 bridgehead atoms. The van der Waals surface area contributed by atoms with Crippen molar-refractivity contribution in [2.45, 2.75) is 25.0 Å². The zero-order valence-electron chi connectivity index (χ0n) is 22.7. The van der Waals surface area contributed by atoms with Crippen LogP contribution in [-0.2, 0) is 9.24 Å². The summed E-state index contributed by atoms with van der Waals surface area (Å²) in [5.41, 5.74) is 0. The molecule has 0 aliphatic carbocycles. The van der Waals surface area contributed by atoms with Gasteiger partial charge in [-0.1, -0.05) is 48.5 Å². The predicted molar refractivity (Wildman–Crippen MR) is 161 cm³/mol. The van der Waals surface area contributed by atoms with Gasteiger partial charge in [-0.15, -0.1) is 22.7 Å². The highest BCUT2D eigenvalue weighted by atomic mass is 32.1. The van der Waals surface area contributed by atoms with Crippen molar-refractivity contribution in [3.63, 3.8) is 0 Å². The molecule has 11 heteroatoms. The molecule has 0 fully saturated rings. The summed E-state index contributed by atoms with van der Waals surface area (Å²) in [5, 5.41) is 23.2. The fraction of sp³-hybridized carbons (Fsp3) is 0.357. The monoisotopic (exact) mass is 594 g/mol. The van der Waals surface area contributed by atoms with Crippen molar-refractivity contribution in [1.29, 1.82) is 0 Å². The molecular weight excluding hydrogens is 555 g/mol. The van der Waals surface area contributed by atoms with Gasteiger partial charge in [0, 0.05) is 40.8 Å². The molecule has 0 radical (unpaired) electrons. The Bertz CT molecular complexity index is 1210. The summed E-state index contributed by atoms with van der Waals surface area (Å²) in [4.78, 5) is 15.6. The Morgan fingerprint density at radius 3 is 2.00 bits per heavy atom. The average Bonchev–Trinajstić information content (AvgIpc) is 3.65. The third kappa shape index (κ3) is 12.7.